The molecule has 0 radical (unpaired) electrons. The fraction of sp³-hybridized carbons (Fsp3) is 0.462. The van der Waals surface area contributed by atoms with Gasteiger partial charge in [0.1, 0.15) is 0 Å². The molecule has 2 nitrogen and oxygen atoms in total. The van der Waals surface area contributed by atoms with Crippen molar-refractivity contribution in [2.45, 2.75) is 20.3 Å². The number of hydrogen-bond donors (Lipinski definition) is 0. The Hall–Kier alpha value is -1.45. The van der Waals surface area contributed by atoms with Gasteiger partial charge < -0.3 is 4.90 Å². The second-order valence-electron chi connectivity index (χ2n) is 4.81. The van der Waals surface area contributed by atoms with Crippen molar-refractivity contribution in [3.05, 3.63) is 29.8 Å². The third-order valence-electron chi connectivity index (χ3n) is 3.31. The summed E-state index contributed by atoms with van der Waals surface area (Å²) in [5, 5.41) is 0. The maximum absolute atomic E-state index is 13.1. The van der Waals surface area contributed by atoms with Gasteiger partial charge in [0.25, 0.3) is 0 Å². The van der Waals surface area contributed by atoms with E-state index in [4.69, 9.17) is 0 Å². The highest BCUT2D eigenvalue weighted by Gasteiger charge is 2.32. The van der Waals surface area contributed by atoms with E-state index in [1.807, 2.05) is 0 Å². The second-order valence-corrected chi connectivity index (χ2v) is 4.81. The summed E-state index contributed by atoms with van der Waals surface area (Å²) in [4.78, 5) is 13.3. The van der Waals surface area contributed by atoms with E-state index in [0.717, 1.165) is 12.1 Å². The summed E-state index contributed by atoms with van der Waals surface area (Å²) in [6, 6.07) is 3.58. The van der Waals surface area contributed by atoms with E-state index >= 15 is 0 Å². The van der Waals surface area contributed by atoms with Crippen molar-refractivity contribution in [1.82, 2.24) is 0 Å². The van der Waals surface area contributed by atoms with E-state index in [1.54, 1.807) is 0 Å². The van der Waals surface area contributed by atoms with Crippen LogP contribution in [0.15, 0.2) is 18.2 Å². The zero-order valence-electron chi connectivity index (χ0n) is 9.91. The zero-order valence-corrected chi connectivity index (χ0v) is 9.91. The molecule has 1 aliphatic rings. The molecule has 92 valence electrons. The molecule has 0 aromatic heterocycles. The van der Waals surface area contributed by atoms with Crippen LogP contribution < -0.4 is 4.90 Å². The lowest BCUT2D eigenvalue weighted by Crippen LogP contribution is -2.25. The Bertz CT molecular complexity index is 445. The third kappa shape index (κ3) is 2.30. The molecule has 1 atom stereocenters. The highest BCUT2D eigenvalue weighted by molar-refractivity contribution is 5.95. The summed E-state index contributed by atoms with van der Waals surface area (Å²) in [7, 11) is 0. The number of amides is 1. The molecule has 1 aliphatic heterocycles. The van der Waals surface area contributed by atoms with E-state index in [2.05, 4.69) is 13.8 Å². The molecule has 0 bridgehead atoms. The highest BCUT2D eigenvalue weighted by atomic mass is 19.2. The molecule has 1 saturated heterocycles. The minimum Gasteiger partial charge on any atom is -0.312 e. The molecule has 17 heavy (non-hydrogen) atoms. The number of carbonyl (C=O) groups is 1. The fourth-order valence-corrected chi connectivity index (χ4v) is 2.08. The topological polar surface area (TPSA) is 20.3 Å². The lowest BCUT2D eigenvalue weighted by atomic mass is 9.95. The van der Waals surface area contributed by atoms with Gasteiger partial charge >= 0.3 is 0 Å². The van der Waals surface area contributed by atoms with E-state index in [0.29, 0.717) is 24.6 Å². The predicted molar refractivity (Wildman–Crippen MR) is 61.7 cm³/mol. The smallest absolute Gasteiger partial charge is 0.227 e. The van der Waals surface area contributed by atoms with Crippen LogP contribution in [0.2, 0.25) is 0 Å². The minimum atomic E-state index is -0.914. The van der Waals surface area contributed by atoms with E-state index < -0.39 is 11.6 Å². The minimum absolute atomic E-state index is 0.0188. The molecule has 1 unspecified atom stereocenters. The highest BCUT2D eigenvalue weighted by Crippen LogP contribution is 2.29. The van der Waals surface area contributed by atoms with Crippen molar-refractivity contribution < 1.29 is 13.6 Å². The summed E-state index contributed by atoms with van der Waals surface area (Å²) >= 11 is 0. The number of carbonyl (C=O) groups excluding carboxylic acids is 1. The molecule has 4 heteroatoms. The molecule has 0 saturated carbocycles. The summed E-state index contributed by atoms with van der Waals surface area (Å²) in [5.74, 6) is -1.12. The molecule has 1 aromatic carbocycles. The van der Waals surface area contributed by atoms with Crippen molar-refractivity contribution in [3.8, 4) is 0 Å². The van der Waals surface area contributed by atoms with Crippen LogP contribution in [0.25, 0.3) is 0 Å². The number of halogens is 2. The van der Waals surface area contributed by atoms with Crippen LogP contribution in [-0.4, -0.2) is 12.5 Å². The monoisotopic (exact) mass is 239 g/mol. The molecule has 1 amide bonds. The molecule has 1 fully saturated rings. The Morgan fingerprint density at radius 2 is 2.00 bits per heavy atom. The molecular weight excluding hydrogens is 224 g/mol. The van der Waals surface area contributed by atoms with Gasteiger partial charge in [0.15, 0.2) is 11.6 Å². The summed E-state index contributed by atoms with van der Waals surface area (Å²) in [6.45, 7) is 4.71. The Balaban J connectivity index is 2.23. The van der Waals surface area contributed by atoms with Gasteiger partial charge in [-0.05, 0) is 24.0 Å². The summed E-state index contributed by atoms with van der Waals surface area (Å²) in [6.07, 6.45) is 0.483. The van der Waals surface area contributed by atoms with Crippen LogP contribution >= 0.6 is 0 Å². The average Bonchev–Trinajstić information content (AvgIpc) is 2.65. The predicted octanol–water partition coefficient (Wildman–Crippen LogP) is 2.97. The van der Waals surface area contributed by atoms with Gasteiger partial charge in [0.05, 0.1) is 0 Å². The number of hydrogen-bond acceptors (Lipinski definition) is 1. The Labute approximate surface area is 99.2 Å². The van der Waals surface area contributed by atoms with Crippen molar-refractivity contribution in [3.63, 3.8) is 0 Å². The van der Waals surface area contributed by atoms with Crippen LogP contribution in [0.4, 0.5) is 14.5 Å². The van der Waals surface area contributed by atoms with E-state index in [-0.39, 0.29) is 11.8 Å². The molecular formula is C13H15F2NO. The fourth-order valence-electron chi connectivity index (χ4n) is 2.08. The molecule has 1 aromatic rings. The largest absolute Gasteiger partial charge is 0.312 e. The summed E-state index contributed by atoms with van der Waals surface area (Å²) < 4.78 is 25.9. The lowest BCUT2D eigenvalue weighted by Gasteiger charge is -2.18. The number of benzene rings is 1. The molecule has 0 N–H and O–H groups in total. The third-order valence-corrected chi connectivity index (χ3v) is 3.31. The normalized spacial score (nSPS) is 20.4. The molecule has 2 rings (SSSR count). The molecule has 0 spiro atoms. The Morgan fingerprint density at radius 3 is 2.53 bits per heavy atom. The van der Waals surface area contributed by atoms with Crippen LogP contribution in [0.3, 0.4) is 0 Å². The van der Waals surface area contributed by atoms with Gasteiger partial charge in [0.2, 0.25) is 5.91 Å². The molecule has 0 aliphatic carbocycles. The van der Waals surface area contributed by atoms with Gasteiger partial charge in [-0.15, -0.1) is 0 Å². The van der Waals surface area contributed by atoms with Crippen LogP contribution in [0, 0.1) is 23.5 Å². The van der Waals surface area contributed by atoms with Crippen LogP contribution in [0.1, 0.15) is 20.3 Å². The van der Waals surface area contributed by atoms with Gasteiger partial charge in [-0.1, -0.05) is 13.8 Å². The first-order valence-corrected chi connectivity index (χ1v) is 5.74. The quantitative estimate of drug-likeness (QED) is 0.777. The zero-order chi connectivity index (χ0) is 12.6. The maximum Gasteiger partial charge on any atom is 0.227 e. The van der Waals surface area contributed by atoms with Gasteiger partial charge in [-0.2, -0.15) is 0 Å². The standard InChI is InChI=1S/C13H15F2NO/c1-8(2)9-5-13(17)16(7-9)10-3-4-11(14)12(15)6-10/h3-4,6,8-9H,5,7H2,1-2H3. The van der Waals surface area contributed by atoms with Crippen LogP contribution in [0.5, 0.6) is 0 Å². The van der Waals surface area contributed by atoms with Crippen molar-refractivity contribution in [2.24, 2.45) is 11.8 Å². The van der Waals surface area contributed by atoms with Gasteiger partial charge in [0, 0.05) is 24.7 Å². The Kier molecular flexibility index (Phi) is 3.13. The first kappa shape index (κ1) is 12.0. The Morgan fingerprint density at radius 1 is 1.29 bits per heavy atom. The average molecular weight is 239 g/mol. The maximum atomic E-state index is 13.1. The van der Waals surface area contributed by atoms with Gasteiger partial charge in [-0.25, -0.2) is 8.78 Å². The number of nitrogens with zero attached hydrogens (tertiary/aromatic N) is 1. The van der Waals surface area contributed by atoms with Crippen molar-refractivity contribution in [2.75, 3.05) is 11.4 Å². The van der Waals surface area contributed by atoms with Gasteiger partial charge in [-0.3, -0.25) is 4.79 Å². The first-order chi connectivity index (χ1) is 7.99. The molecule has 1 heterocycles. The van der Waals surface area contributed by atoms with E-state index in [9.17, 15) is 13.6 Å². The summed E-state index contributed by atoms with van der Waals surface area (Å²) in [5.41, 5.74) is 0.442. The number of anilines is 1. The van der Waals surface area contributed by atoms with Crippen molar-refractivity contribution in [1.29, 1.82) is 0 Å². The second kappa shape index (κ2) is 4.43. The SMILES string of the molecule is CC(C)C1CC(=O)N(c2ccc(F)c(F)c2)C1. The van der Waals surface area contributed by atoms with E-state index in [1.165, 1.54) is 11.0 Å². The lowest BCUT2D eigenvalue weighted by molar-refractivity contribution is -0.117. The number of rotatable bonds is 2. The van der Waals surface area contributed by atoms with Crippen molar-refractivity contribution >= 4 is 11.6 Å². The van der Waals surface area contributed by atoms with Crippen LogP contribution in [-0.2, 0) is 4.79 Å². The first-order valence-electron chi connectivity index (χ1n) is 5.74.